The predicted molar refractivity (Wildman–Crippen MR) is 112 cm³/mol. The Morgan fingerprint density at radius 2 is 2.18 bits per heavy atom. The van der Waals surface area contributed by atoms with Crippen LogP contribution < -0.4 is 4.74 Å². The molecule has 0 unspecified atom stereocenters. The molecular weight excluding hydrogens is 350 g/mol. The second-order valence-electron chi connectivity index (χ2n) is 8.11. The summed E-state index contributed by atoms with van der Waals surface area (Å²) in [6.07, 6.45) is 5.19. The fraction of sp³-hybridized carbons (Fsp3) is 0.565. The number of aryl methyl sites for hydroxylation is 1. The van der Waals surface area contributed by atoms with Crippen molar-refractivity contribution in [3.63, 3.8) is 0 Å². The minimum atomic E-state index is 0.0500. The van der Waals surface area contributed by atoms with Crippen LogP contribution in [0.25, 0.3) is 0 Å². The first-order valence-corrected chi connectivity index (χ1v) is 10.5. The van der Waals surface area contributed by atoms with Gasteiger partial charge in [-0.05, 0) is 58.7 Å². The molecule has 3 rings (SSSR count). The van der Waals surface area contributed by atoms with Crippen molar-refractivity contribution in [1.29, 1.82) is 0 Å². The largest absolute Gasteiger partial charge is 0.491 e. The summed E-state index contributed by atoms with van der Waals surface area (Å²) < 4.78 is 7.84. The molecule has 1 aliphatic heterocycles. The van der Waals surface area contributed by atoms with E-state index >= 15 is 0 Å². The molecule has 1 aromatic carbocycles. The standard InChI is InChI=1S/C23H33N3O2/c1-5-11-26-18(4)21(14-24-26)16-25-12-7-9-20(15-25)23(27)19-8-6-10-22(13-19)28-17(2)3/h6,8,10,13-14,17,20H,5,7,9,11-12,15-16H2,1-4H3/t20-/m0/s1. The fourth-order valence-electron chi connectivity index (χ4n) is 3.96. The molecule has 1 atom stereocenters. The van der Waals surface area contributed by atoms with Crippen LogP contribution in [0, 0.1) is 12.8 Å². The number of aromatic nitrogens is 2. The molecule has 0 bridgehead atoms. The molecule has 2 aromatic rings. The molecule has 0 radical (unpaired) electrons. The Hall–Kier alpha value is -2.14. The zero-order chi connectivity index (χ0) is 20.1. The average molecular weight is 384 g/mol. The third kappa shape index (κ3) is 5.02. The van der Waals surface area contributed by atoms with Gasteiger partial charge in [0, 0.05) is 42.4 Å². The highest BCUT2D eigenvalue weighted by molar-refractivity contribution is 5.98. The zero-order valence-electron chi connectivity index (χ0n) is 17.6. The van der Waals surface area contributed by atoms with Crippen LogP contribution in [0.5, 0.6) is 5.75 Å². The SMILES string of the molecule is CCCn1ncc(CN2CCC[C@H](C(=O)c3cccc(OC(C)C)c3)C2)c1C. The van der Waals surface area contributed by atoms with E-state index in [0.717, 1.165) is 56.8 Å². The van der Waals surface area contributed by atoms with Gasteiger partial charge in [-0.25, -0.2) is 0 Å². The molecule has 0 spiro atoms. The molecule has 5 heteroatoms. The monoisotopic (exact) mass is 383 g/mol. The first kappa shape index (κ1) is 20.6. The summed E-state index contributed by atoms with van der Waals surface area (Å²) in [5.74, 6) is 1.05. The molecule has 28 heavy (non-hydrogen) atoms. The van der Waals surface area contributed by atoms with Gasteiger partial charge in [0.15, 0.2) is 5.78 Å². The molecule has 0 aliphatic carbocycles. The van der Waals surface area contributed by atoms with Crippen LogP contribution in [0.2, 0.25) is 0 Å². The van der Waals surface area contributed by atoms with Crippen LogP contribution in [0.1, 0.15) is 61.6 Å². The Labute approximate surface area is 168 Å². The molecule has 1 aromatic heterocycles. The minimum Gasteiger partial charge on any atom is -0.491 e. The highest BCUT2D eigenvalue weighted by atomic mass is 16.5. The lowest BCUT2D eigenvalue weighted by molar-refractivity contribution is 0.0810. The van der Waals surface area contributed by atoms with Gasteiger partial charge in [-0.15, -0.1) is 0 Å². The highest BCUT2D eigenvalue weighted by Crippen LogP contribution is 2.25. The predicted octanol–water partition coefficient (Wildman–Crippen LogP) is 4.48. The Morgan fingerprint density at radius 3 is 2.93 bits per heavy atom. The second-order valence-corrected chi connectivity index (χ2v) is 8.11. The summed E-state index contributed by atoms with van der Waals surface area (Å²) in [5, 5.41) is 4.52. The topological polar surface area (TPSA) is 47.4 Å². The summed E-state index contributed by atoms with van der Waals surface area (Å²) in [7, 11) is 0. The number of hydrogen-bond acceptors (Lipinski definition) is 4. The first-order chi connectivity index (χ1) is 13.5. The van der Waals surface area contributed by atoms with Crippen molar-refractivity contribution in [2.45, 2.75) is 66.2 Å². The van der Waals surface area contributed by atoms with E-state index in [-0.39, 0.29) is 17.8 Å². The Balaban J connectivity index is 1.65. The maximum absolute atomic E-state index is 13.1. The Bertz CT molecular complexity index is 797. The summed E-state index contributed by atoms with van der Waals surface area (Å²) in [4.78, 5) is 15.5. The lowest BCUT2D eigenvalue weighted by atomic mass is 9.89. The molecule has 1 aliphatic rings. The van der Waals surface area contributed by atoms with Crippen LogP contribution in [0.4, 0.5) is 0 Å². The number of ether oxygens (including phenoxy) is 1. The molecule has 0 amide bonds. The number of carbonyl (C=O) groups is 1. The molecular formula is C23H33N3O2. The highest BCUT2D eigenvalue weighted by Gasteiger charge is 2.27. The maximum atomic E-state index is 13.1. The fourth-order valence-corrected chi connectivity index (χ4v) is 3.96. The van der Waals surface area contributed by atoms with Crippen LogP contribution in [0.15, 0.2) is 30.5 Å². The second kappa shape index (κ2) is 9.37. The number of Topliss-reactive ketones (excluding diaryl/α,β-unsaturated/α-hetero) is 1. The zero-order valence-corrected chi connectivity index (χ0v) is 17.6. The van der Waals surface area contributed by atoms with Crippen LogP contribution in [-0.2, 0) is 13.1 Å². The van der Waals surface area contributed by atoms with E-state index in [4.69, 9.17) is 4.74 Å². The maximum Gasteiger partial charge on any atom is 0.167 e. The number of nitrogens with zero attached hydrogens (tertiary/aromatic N) is 3. The number of benzene rings is 1. The average Bonchev–Trinajstić information content (AvgIpc) is 3.01. The van der Waals surface area contributed by atoms with Gasteiger partial charge in [-0.1, -0.05) is 19.1 Å². The molecule has 0 saturated carbocycles. The Morgan fingerprint density at radius 1 is 1.36 bits per heavy atom. The number of piperidine rings is 1. The number of ketones is 1. The van der Waals surface area contributed by atoms with Crippen molar-refractivity contribution in [1.82, 2.24) is 14.7 Å². The third-order valence-electron chi connectivity index (χ3n) is 5.40. The van der Waals surface area contributed by atoms with E-state index in [9.17, 15) is 4.79 Å². The number of hydrogen-bond donors (Lipinski definition) is 0. The number of carbonyl (C=O) groups excluding carboxylic acids is 1. The lowest BCUT2D eigenvalue weighted by Crippen LogP contribution is -2.38. The normalized spacial score (nSPS) is 17.8. The van der Waals surface area contributed by atoms with Crippen LogP contribution >= 0.6 is 0 Å². The smallest absolute Gasteiger partial charge is 0.167 e. The van der Waals surface area contributed by atoms with Gasteiger partial charge in [0.25, 0.3) is 0 Å². The molecule has 152 valence electrons. The van der Waals surface area contributed by atoms with Gasteiger partial charge in [0.2, 0.25) is 0 Å². The lowest BCUT2D eigenvalue weighted by Gasteiger charge is -2.32. The van der Waals surface area contributed by atoms with Crippen molar-refractivity contribution < 1.29 is 9.53 Å². The van der Waals surface area contributed by atoms with E-state index in [0.29, 0.717) is 0 Å². The molecule has 2 heterocycles. The van der Waals surface area contributed by atoms with Crippen molar-refractivity contribution in [3.8, 4) is 5.75 Å². The van der Waals surface area contributed by atoms with E-state index in [2.05, 4.69) is 28.5 Å². The number of rotatable bonds is 8. The van der Waals surface area contributed by atoms with E-state index in [1.54, 1.807) is 0 Å². The summed E-state index contributed by atoms with van der Waals surface area (Å²) in [6, 6.07) is 7.63. The van der Waals surface area contributed by atoms with E-state index < -0.39 is 0 Å². The van der Waals surface area contributed by atoms with E-state index in [1.807, 2.05) is 44.3 Å². The minimum absolute atomic E-state index is 0.0500. The number of likely N-dealkylation sites (tertiary alicyclic amines) is 1. The van der Waals surface area contributed by atoms with Gasteiger partial charge in [-0.3, -0.25) is 14.4 Å². The van der Waals surface area contributed by atoms with Gasteiger partial charge in [0.1, 0.15) is 5.75 Å². The van der Waals surface area contributed by atoms with Crippen LogP contribution in [0.3, 0.4) is 0 Å². The Kier molecular flexibility index (Phi) is 6.89. The molecule has 1 fully saturated rings. The summed E-state index contributed by atoms with van der Waals surface area (Å²) >= 11 is 0. The molecule has 0 N–H and O–H groups in total. The third-order valence-corrected chi connectivity index (χ3v) is 5.40. The van der Waals surface area contributed by atoms with Gasteiger partial charge >= 0.3 is 0 Å². The summed E-state index contributed by atoms with van der Waals surface area (Å²) in [6.45, 7) is 12.0. The van der Waals surface area contributed by atoms with Gasteiger partial charge in [0.05, 0.1) is 12.3 Å². The van der Waals surface area contributed by atoms with Crippen LogP contribution in [-0.4, -0.2) is 39.7 Å². The van der Waals surface area contributed by atoms with Crippen molar-refractivity contribution >= 4 is 5.78 Å². The van der Waals surface area contributed by atoms with Gasteiger partial charge < -0.3 is 4.74 Å². The quantitative estimate of drug-likeness (QED) is 0.631. The van der Waals surface area contributed by atoms with Gasteiger partial charge in [-0.2, -0.15) is 5.10 Å². The van der Waals surface area contributed by atoms with Crippen molar-refractivity contribution in [3.05, 3.63) is 47.3 Å². The molecule has 1 saturated heterocycles. The van der Waals surface area contributed by atoms with E-state index in [1.165, 1.54) is 11.3 Å². The molecule has 5 nitrogen and oxygen atoms in total. The first-order valence-electron chi connectivity index (χ1n) is 10.5. The van der Waals surface area contributed by atoms with Crippen molar-refractivity contribution in [2.24, 2.45) is 5.92 Å². The van der Waals surface area contributed by atoms with Crippen molar-refractivity contribution in [2.75, 3.05) is 13.1 Å². The summed E-state index contributed by atoms with van der Waals surface area (Å²) in [5.41, 5.74) is 3.28.